The zero-order chi connectivity index (χ0) is 17.5. The molecule has 0 N–H and O–H groups in total. The lowest BCUT2D eigenvalue weighted by atomic mass is 9.98. The van der Waals surface area contributed by atoms with Crippen LogP contribution in [0.3, 0.4) is 0 Å². The largest absolute Gasteiger partial charge is 0.457 e. The molecule has 25 heavy (non-hydrogen) atoms. The van der Waals surface area contributed by atoms with Gasteiger partial charge in [-0.05, 0) is 28.8 Å². The number of hydrogen-bond acceptors (Lipinski definition) is 5. The summed E-state index contributed by atoms with van der Waals surface area (Å²) in [5.74, 6) is -0.478. The summed E-state index contributed by atoms with van der Waals surface area (Å²) in [6, 6.07) is 15.7. The molecule has 3 rings (SSSR count). The van der Waals surface area contributed by atoms with Crippen molar-refractivity contribution in [2.45, 2.75) is 12.3 Å². The second-order valence-corrected chi connectivity index (χ2v) is 5.41. The van der Waals surface area contributed by atoms with Crippen molar-refractivity contribution < 1.29 is 19.0 Å². The number of ether oxygens (including phenoxy) is 3. The fourth-order valence-electron chi connectivity index (χ4n) is 2.58. The Labute approximate surface area is 144 Å². The fraction of sp³-hybridized carbons (Fsp3) is 0.278. The van der Waals surface area contributed by atoms with Crippen LogP contribution >= 0.6 is 0 Å². The first kappa shape index (κ1) is 17.0. The summed E-state index contributed by atoms with van der Waals surface area (Å²) < 4.78 is 15.7. The van der Waals surface area contributed by atoms with Gasteiger partial charge in [0.1, 0.15) is 6.61 Å². The normalized spacial score (nSPS) is 15.4. The molecule has 0 spiro atoms. The topological polar surface area (TPSA) is 93.5 Å². The molecule has 1 aliphatic rings. The quantitative estimate of drug-likeness (QED) is 0.348. The smallest absolute Gasteiger partial charge is 0.338 e. The minimum Gasteiger partial charge on any atom is -0.457 e. The summed E-state index contributed by atoms with van der Waals surface area (Å²) in [6.07, 6.45) is -0.507. The third-order valence-corrected chi connectivity index (χ3v) is 3.76. The number of benzene rings is 2. The van der Waals surface area contributed by atoms with E-state index in [4.69, 9.17) is 19.7 Å². The number of carbonyl (C=O) groups excluding carboxylic acids is 1. The van der Waals surface area contributed by atoms with Gasteiger partial charge in [0.05, 0.1) is 24.8 Å². The van der Waals surface area contributed by atoms with Crippen molar-refractivity contribution >= 4 is 5.97 Å². The number of hydrogen-bond donors (Lipinski definition) is 0. The predicted molar refractivity (Wildman–Crippen MR) is 89.8 cm³/mol. The SMILES string of the molecule is [N-]=[N+]=NC(c1ccccc1)c1cccc(C(=O)OCC2OCCO2)c1. The van der Waals surface area contributed by atoms with Crippen LogP contribution in [0.15, 0.2) is 59.7 Å². The molecule has 2 aromatic rings. The van der Waals surface area contributed by atoms with E-state index in [-0.39, 0.29) is 6.61 Å². The van der Waals surface area contributed by atoms with Gasteiger partial charge in [0, 0.05) is 4.91 Å². The minimum atomic E-state index is -0.513. The molecule has 7 nitrogen and oxygen atoms in total. The van der Waals surface area contributed by atoms with E-state index in [9.17, 15) is 4.79 Å². The Bertz CT molecular complexity index is 769. The molecule has 0 aromatic heterocycles. The second kappa shape index (κ2) is 8.30. The van der Waals surface area contributed by atoms with Crippen LogP contribution in [0.5, 0.6) is 0 Å². The van der Waals surface area contributed by atoms with Crippen LogP contribution in [0.25, 0.3) is 10.4 Å². The first-order valence-electron chi connectivity index (χ1n) is 7.87. The Kier molecular flexibility index (Phi) is 5.64. The lowest BCUT2D eigenvalue weighted by Crippen LogP contribution is -2.19. The van der Waals surface area contributed by atoms with Gasteiger partial charge in [0.2, 0.25) is 0 Å². The monoisotopic (exact) mass is 339 g/mol. The molecule has 1 fully saturated rings. The van der Waals surface area contributed by atoms with Gasteiger partial charge >= 0.3 is 5.97 Å². The van der Waals surface area contributed by atoms with Gasteiger partial charge in [0.25, 0.3) is 0 Å². The van der Waals surface area contributed by atoms with Crippen LogP contribution in [-0.4, -0.2) is 32.1 Å². The Morgan fingerprint density at radius 2 is 1.88 bits per heavy atom. The molecule has 1 saturated heterocycles. The Hall–Kier alpha value is -2.86. The number of azide groups is 1. The van der Waals surface area contributed by atoms with Crippen molar-refractivity contribution in [1.82, 2.24) is 0 Å². The maximum absolute atomic E-state index is 12.2. The maximum Gasteiger partial charge on any atom is 0.338 e. The van der Waals surface area contributed by atoms with E-state index in [2.05, 4.69) is 10.0 Å². The first-order valence-corrected chi connectivity index (χ1v) is 7.87. The number of rotatable bonds is 6. The predicted octanol–water partition coefficient (Wildman–Crippen LogP) is 3.62. The summed E-state index contributed by atoms with van der Waals surface area (Å²) in [7, 11) is 0. The van der Waals surface area contributed by atoms with E-state index < -0.39 is 18.3 Å². The van der Waals surface area contributed by atoms with E-state index in [0.717, 1.165) is 5.56 Å². The van der Waals surface area contributed by atoms with Gasteiger partial charge < -0.3 is 14.2 Å². The van der Waals surface area contributed by atoms with Crippen molar-refractivity contribution in [3.63, 3.8) is 0 Å². The zero-order valence-corrected chi connectivity index (χ0v) is 13.4. The van der Waals surface area contributed by atoms with Crippen LogP contribution < -0.4 is 0 Å². The van der Waals surface area contributed by atoms with Gasteiger partial charge in [-0.15, -0.1) is 0 Å². The van der Waals surface area contributed by atoms with Gasteiger partial charge in [-0.2, -0.15) is 0 Å². The van der Waals surface area contributed by atoms with Crippen molar-refractivity contribution in [3.8, 4) is 0 Å². The molecular weight excluding hydrogens is 322 g/mol. The summed E-state index contributed by atoms with van der Waals surface area (Å²) in [5.41, 5.74) is 10.8. The van der Waals surface area contributed by atoms with Crippen molar-refractivity contribution in [2.75, 3.05) is 19.8 Å². The third kappa shape index (κ3) is 4.36. The molecule has 128 valence electrons. The molecule has 0 bridgehead atoms. The highest BCUT2D eigenvalue weighted by Crippen LogP contribution is 2.27. The Morgan fingerprint density at radius 1 is 1.16 bits per heavy atom. The second-order valence-electron chi connectivity index (χ2n) is 5.41. The standard InChI is InChI=1S/C18H17N3O4/c19-21-20-17(13-5-2-1-3-6-13)14-7-4-8-15(11-14)18(22)25-12-16-23-9-10-24-16/h1-8,11,16-17H,9-10,12H2. The summed E-state index contributed by atoms with van der Waals surface area (Å²) >= 11 is 0. The zero-order valence-electron chi connectivity index (χ0n) is 13.4. The van der Waals surface area contributed by atoms with Crippen LogP contribution in [0.1, 0.15) is 27.5 Å². The van der Waals surface area contributed by atoms with Crippen molar-refractivity contribution in [1.29, 1.82) is 0 Å². The van der Waals surface area contributed by atoms with Crippen molar-refractivity contribution in [2.24, 2.45) is 5.11 Å². The van der Waals surface area contributed by atoms with E-state index >= 15 is 0 Å². The first-order chi connectivity index (χ1) is 12.3. The van der Waals surface area contributed by atoms with Gasteiger partial charge in [-0.1, -0.05) is 47.6 Å². The molecular formula is C18H17N3O4. The van der Waals surface area contributed by atoms with Crippen LogP contribution in [0.4, 0.5) is 0 Å². The van der Waals surface area contributed by atoms with Crippen LogP contribution in [0, 0.1) is 0 Å². The Balaban J connectivity index is 1.77. The van der Waals surface area contributed by atoms with Gasteiger partial charge in [0.15, 0.2) is 6.29 Å². The summed E-state index contributed by atoms with van der Waals surface area (Å²) in [4.78, 5) is 15.2. The molecule has 1 atom stereocenters. The van der Waals surface area contributed by atoms with E-state index in [1.54, 1.807) is 18.2 Å². The average molecular weight is 339 g/mol. The molecule has 1 heterocycles. The molecule has 1 aliphatic heterocycles. The lowest BCUT2D eigenvalue weighted by Gasteiger charge is -2.14. The highest BCUT2D eigenvalue weighted by Gasteiger charge is 2.19. The van der Waals surface area contributed by atoms with Crippen LogP contribution in [0.2, 0.25) is 0 Å². The number of carbonyl (C=O) groups is 1. The molecule has 0 aliphatic carbocycles. The molecule has 2 aromatic carbocycles. The molecule has 7 heteroatoms. The van der Waals surface area contributed by atoms with Gasteiger partial charge in [-0.3, -0.25) is 0 Å². The lowest BCUT2D eigenvalue weighted by molar-refractivity contribution is -0.0809. The molecule has 0 saturated carbocycles. The van der Waals surface area contributed by atoms with E-state index in [1.807, 2.05) is 36.4 Å². The molecule has 0 amide bonds. The summed E-state index contributed by atoms with van der Waals surface area (Å²) in [5, 5.41) is 3.86. The number of esters is 1. The van der Waals surface area contributed by atoms with E-state index in [1.165, 1.54) is 0 Å². The minimum absolute atomic E-state index is 0.0432. The maximum atomic E-state index is 12.2. The average Bonchev–Trinajstić information content (AvgIpc) is 3.18. The molecule has 0 radical (unpaired) electrons. The van der Waals surface area contributed by atoms with Gasteiger partial charge in [-0.25, -0.2) is 4.79 Å². The molecule has 1 unspecified atom stereocenters. The van der Waals surface area contributed by atoms with E-state index in [0.29, 0.717) is 24.3 Å². The fourth-order valence-corrected chi connectivity index (χ4v) is 2.58. The van der Waals surface area contributed by atoms with Crippen molar-refractivity contribution in [3.05, 3.63) is 81.7 Å². The number of nitrogens with zero attached hydrogens (tertiary/aromatic N) is 3. The summed E-state index contributed by atoms with van der Waals surface area (Å²) in [6.45, 7) is 1.05. The highest BCUT2D eigenvalue weighted by molar-refractivity contribution is 5.89. The Morgan fingerprint density at radius 3 is 2.60 bits per heavy atom. The third-order valence-electron chi connectivity index (χ3n) is 3.76. The van der Waals surface area contributed by atoms with Crippen LogP contribution in [-0.2, 0) is 14.2 Å². The highest BCUT2D eigenvalue weighted by atomic mass is 16.7.